The van der Waals surface area contributed by atoms with Gasteiger partial charge < -0.3 is 10.2 Å². The number of sulfonamides is 1. The lowest BCUT2D eigenvalue weighted by Gasteiger charge is -2.34. The number of nitrogens with zero attached hydrogens (tertiary/aromatic N) is 2. The van der Waals surface area contributed by atoms with Gasteiger partial charge >= 0.3 is 0 Å². The van der Waals surface area contributed by atoms with Crippen LogP contribution in [0.2, 0.25) is 10.0 Å². The molecule has 0 fully saturated rings. The number of benzene rings is 2. The largest absolute Gasteiger partial charge is 0.352 e. The average molecular weight is 557 g/mol. The Hall–Kier alpha value is -2.29. The second-order valence-corrected chi connectivity index (χ2v) is 11.7. The van der Waals surface area contributed by atoms with E-state index in [9.17, 15) is 18.0 Å². The topological polar surface area (TPSA) is 86.8 Å². The summed E-state index contributed by atoms with van der Waals surface area (Å²) < 4.78 is 26.7. The van der Waals surface area contributed by atoms with Gasteiger partial charge in [-0.15, -0.1) is 0 Å². The number of rotatable bonds is 11. The van der Waals surface area contributed by atoms with Crippen molar-refractivity contribution in [3.63, 3.8) is 0 Å². The molecule has 0 bridgehead atoms. The summed E-state index contributed by atoms with van der Waals surface area (Å²) in [6.45, 7) is 8.75. The van der Waals surface area contributed by atoms with Gasteiger partial charge in [0.1, 0.15) is 12.6 Å². The molecule has 2 atom stereocenters. The summed E-state index contributed by atoms with van der Waals surface area (Å²) in [6, 6.07) is 9.48. The van der Waals surface area contributed by atoms with Crippen LogP contribution in [0, 0.1) is 13.8 Å². The number of anilines is 1. The second-order valence-electron chi connectivity index (χ2n) is 9.02. The van der Waals surface area contributed by atoms with Crippen LogP contribution in [0.3, 0.4) is 0 Å². The van der Waals surface area contributed by atoms with Crippen molar-refractivity contribution in [2.75, 3.05) is 17.1 Å². The van der Waals surface area contributed by atoms with Gasteiger partial charge in [0.25, 0.3) is 0 Å². The molecule has 0 spiro atoms. The Labute approximate surface area is 224 Å². The zero-order valence-electron chi connectivity index (χ0n) is 21.6. The summed E-state index contributed by atoms with van der Waals surface area (Å²) in [5.74, 6) is -0.857. The highest BCUT2D eigenvalue weighted by molar-refractivity contribution is 7.92. The molecule has 0 radical (unpaired) electrons. The molecule has 2 amide bonds. The van der Waals surface area contributed by atoms with Crippen LogP contribution in [0.4, 0.5) is 5.69 Å². The van der Waals surface area contributed by atoms with Crippen LogP contribution in [-0.4, -0.2) is 50.0 Å². The number of hydrogen-bond donors (Lipinski definition) is 1. The Balaban J connectivity index is 2.55. The minimum atomic E-state index is -3.82. The average Bonchev–Trinajstić information content (AvgIpc) is 2.79. The smallest absolute Gasteiger partial charge is 0.244 e. The van der Waals surface area contributed by atoms with E-state index in [0.29, 0.717) is 33.3 Å². The van der Waals surface area contributed by atoms with Gasteiger partial charge in [-0.25, -0.2) is 8.42 Å². The standard InChI is InChI=1S/C26H35Cl2N3O4S/c1-7-19(5)29-26(33)23(8-2)30(15-20-21(27)10-9-11-22(20)28)25(32)16-31(36(6,34)35)24-14-17(3)12-13-18(24)4/h9-14,19,23H,7-8,15-16H2,1-6H3,(H,29,33)/t19-,23-/m1/s1. The quantitative estimate of drug-likeness (QED) is 0.418. The molecule has 7 nitrogen and oxygen atoms in total. The van der Waals surface area contributed by atoms with Crippen LogP contribution >= 0.6 is 23.2 Å². The van der Waals surface area contributed by atoms with Gasteiger partial charge in [0, 0.05) is 28.2 Å². The molecule has 2 aromatic carbocycles. The summed E-state index contributed by atoms with van der Waals surface area (Å²) in [5, 5.41) is 3.64. The normalized spacial score (nSPS) is 13.1. The van der Waals surface area contributed by atoms with Crippen molar-refractivity contribution in [1.82, 2.24) is 10.2 Å². The maximum absolute atomic E-state index is 13.8. The summed E-state index contributed by atoms with van der Waals surface area (Å²) in [4.78, 5) is 28.4. The first-order valence-corrected chi connectivity index (χ1v) is 14.5. The first-order chi connectivity index (χ1) is 16.8. The monoisotopic (exact) mass is 555 g/mol. The third-order valence-electron chi connectivity index (χ3n) is 6.09. The highest BCUT2D eigenvalue weighted by Crippen LogP contribution is 2.28. The van der Waals surface area contributed by atoms with Crippen LogP contribution in [0.1, 0.15) is 50.3 Å². The van der Waals surface area contributed by atoms with Crippen molar-refractivity contribution in [3.8, 4) is 0 Å². The molecule has 0 aromatic heterocycles. The van der Waals surface area contributed by atoms with Crippen LogP contribution in [0.15, 0.2) is 36.4 Å². The molecular formula is C26H35Cl2N3O4S. The molecule has 0 saturated heterocycles. The zero-order chi connectivity index (χ0) is 27.2. The van der Waals surface area contributed by atoms with E-state index in [0.717, 1.165) is 22.5 Å². The fourth-order valence-corrected chi connectivity index (χ4v) is 5.21. The van der Waals surface area contributed by atoms with E-state index in [1.807, 2.05) is 32.9 Å². The van der Waals surface area contributed by atoms with E-state index >= 15 is 0 Å². The number of carbonyl (C=O) groups excluding carboxylic acids is 2. The molecule has 0 heterocycles. The number of nitrogens with one attached hydrogen (secondary N) is 1. The third-order valence-corrected chi connectivity index (χ3v) is 7.92. The van der Waals surface area contributed by atoms with Crippen LogP contribution < -0.4 is 9.62 Å². The van der Waals surface area contributed by atoms with E-state index in [4.69, 9.17) is 23.2 Å². The molecule has 0 unspecified atom stereocenters. The molecule has 36 heavy (non-hydrogen) atoms. The van der Waals surface area contributed by atoms with Crippen molar-refractivity contribution in [2.45, 2.75) is 66.1 Å². The molecule has 1 N–H and O–H groups in total. The Morgan fingerprint density at radius 1 is 1.03 bits per heavy atom. The van der Waals surface area contributed by atoms with Crippen molar-refractivity contribution >= 4 is 50.7 Å². The molecule has 2 aromatic rings. The van der Waals surface area contributed by atoms with Crippen LogP contribution in [-0.2, 0) is 26.2 Å². The number of amides is 2. The van der Waals surface area contributed by atoms with Gasteiger partial charge in [0.15, 0.2) is 0 Å². The maximum atomic E-state index is 13.8. The number of hydrogen-bond acceptors (Lipinski definition) is 4. The molecule has 10 heteroatoms. The highest BCUT2D eigenvalue weighted by Gasteiger charge is 2.33. The fraction of sp³-hybridized carbons (Fsp3) is 0.462. The lowest BCUT2D eigenvalue weighted by molar-refractivity contribution is -0.140. The highest BCUT2D eigenvalue weighted by atomic mass is 35.5. The Morgan fingerprint density at radius 2 is 1.64 bits per heavy atom. The summed E-state index contributed by atoms with van der Waals surface area (Å²) in [5.41, 5.74) is 2.47. The Kier molecular flexibility index (Phi) is 10.6. The summed E-state index contributed by atoms with van der Waals surface area (Å²) in [7, 11) is -3.82. The van der Waals surface area contributed by atoms with E-state index < -0.39 is 28.5 Å². The first kappa shape index (κ1) is 29.9. The molecule has 0 aliphatic rings. The third kappa shape index (κ3) is 7.60. The molecule has 0 aliphatic heterocycles. The molecule has 0 saturated carbocycles. The van der Waals surface area contributed by atoms with Crippen LogP contribution in [0.25, 0.3) is 0 Å². The van der Waals surface area contributed by atoms with E-state index in [1.165, 1.54) is 4.90 Å². The van der Waals surface area contributed by atoms with Gasteiger partial charge in [-0.1, -0.05) is 55.2 Å². The van der Waals surface area contributed by atoms with Crippen molar-refractivity contribution in [2.24, 2.45) is 0 Å². The zero-order valence-corrected chi connectivity index (χ0v) is 24.0. The maximum Gasteiger partial charge on any atom is 0.244 e. The van der Waals surface area contributed by atoms with E-state index in [2.05, 4.69) is 5.32 Å². The van der Waals surface area contributed by atoms with E-state index in [1.54, 1.807) is 38.1 Å². The Bertz CT molecular complexity index is 1180. The summed E-state index contributed by atoms with van der Waals surface area (Å²) >= 11 is 12.8. The fourth-order valence-electron chi connectivity index (χ4n) is 3.80. The molecular weight excluding hydrogens is 521 g/mol. The van der Waals surface area contributed by atoms with Crippen molar-refractivity contribution < 1.29 is 18.0 Å². The van der Waals surface area contributed by atoms with Crippen LogP contribution in [0.5, 0.6) is 0 Å². The first-order valence-electron chi connectivity index (χ1n) is 11.9. The predicted molar refractivity (Wildman–Crippen MR) is 147 cm³/mol. The number of halogens is 2. The van der Waals surface area contributed by atoms with Crippen molar-refractivity contribution in [3.05, 3.63) is 63.1 Å². The number of carbonyl (C=O) groups is 2. The minimum absolute atomic E-state index is 0.0474. The molecule has 2 rings (SSSR count). The SMILES string of the molecule is CC[C@@H](C)NC(=O)[C@@H](CC)N(Cc1c(Cl)cccc1Cl)C(=O)CN(c1cc(C)ccc1C)S(C)(=O)=O. The van der Waals surface area contributed by atoms with Gasteiger partial charge in [0.05, 0.1) is 11.9 Å². The predicted octanol–water partition coefficient (Wildman–Crippen LogP) is 5.10. The van der Waals surface area contributed by atoms with E-state index in [-0.39, 0.29) is 18.5 Å². The summed E-state index contributed by atoms with van der Waals surface area (Å²) in [6.07, 6.45) is 2.10. The van der Waals surface area contributed by atoms with Gasteiger partial charge in [-0.05, 0) is 62.9 Å². The minimum Gasteiger partial charge on any atom is -0.352 e. The lowest BCUT2D eigenvalue weighted by atomic mass is 10.1. The number of aryl methyl sites for hydroxylation is 2. The Morgan fingerprint density at radius 3 is 2.17 bits per heavy atom. The molecule has 198 valence electrons. The lowest BCUT2D eigenvalue weighted by Crippen LogP contribution is -2.53. The van der Waals surface area contributed by atoms with Gasteiger partial charge in [-0.2, -0.15) is 0 Å². The van der Waals surface area contributed by atoms with Gasteiger partial charge in [0.2, 0.25) is 21.8 Å². The molecule has 0 aliphatic carbocycles. The van der Waals surface area contributed by atoms with Gasteiger partial charge in [-0.3, -0.25) is 13.9 Å². The van der Waals surface area contributed by atoms with Crippen molar-refractivity contribution in [1.29, 1.82) is 0 Å². The second kappa shape index (κ2) is 12.8.